The number of nitrogens with zero attached hydrogens (tertiary/aromatic N) is 2. The van der Waals surface area contributed by atoms with Gasteiger partial charge in [-0.05, 0) is 28.1 Å². The van der Waals surface area contributed by atoms with Crippen molar-refractivity contribution >= 4 is 21.6 Å². The van der Waals surface area contributed by atoms with Crippen molar-refractivity contribution in [3.8, 4) is 5.69 Å². The zero-order chi connectivity index (χ0) is 13.3. The number of nitrogen functional groups attached to an aromatic ring is 1. The van der Waals surface area contributed by atoms with Crippen LogP contribution in [-0.4, -0.2) is 16.5 Å². The fraction of sp³-hybridized carbons (Fsp3) is 0.250. The number of ether oxygens (including phenoxy) is 1. The van der Waals surface area contributed by atoms with Gasteiger partial charge in [-0.25, -0.2) is 4.68 Å². The van der Waals surface area contributed by atoms with Crippen LogP contribution in [0.15, 0.2) is 33.5 Å². The van der Waals surface area contributed by atoms with Gasteiger partial charge in [-0.3, -0.25) is 9.48 Å². The third-order valence-electron chi connectivity index (χ3n) is 2.79. The predicted molar refractivity (Wildman–Crippen MR) is 73.8 cm³/mol. The summed E-state index contributed by atoms with van der Waals surface area (Å²) in [5.74, 6) is 0. The van der Waals surface area contributed by atoms with Gasteiger partial charge in [0.2, 0.25) is 0 Å². The van der Waals surface area contributed by atoms with Crippen molar-refractivity contribution in [2.45, 2.75) is 6.61 Å². The van der Waals surface area contributed by atoms with E-state index in [1.807, 2.05) is 24.3 Å². The quantitative estimate of drug-likeness (QED) is 0.938. The number of methoxy groups -OCH3 is 1. The van der Waals surface area contributed by atoms with Crippen LogP contribution in [0.3, 0.4) is 0 Å². The molecule has 96 valence electrons. The summed E-state index contributed by atoms with van der Waals surface area (Å²) in [6, 6.07) is 7.48. The molecule has 0 saturated carbocycles. The van der Waals surface area contributed by atoms with Gasteiger partial charge in [0.15, 0.2) is 0 Å². The molecule has 0 saturated heterocycles. The lowest BCUT2D eigenvalue weighted by atomic mass is 10.3. The van der Waals surface area contributed by atoms with E-state index in [1.54, 1.807) is 18.8 Å². The van der Waals surface area contributed by atoms with Crippen LogP contribution in [0.1, 0.15) is 5.69 Å². The Morgan fingerprint density at radius 1 is 1.39 bits per heavy atom. The van der Waals surface area contributed by atoms with Crippen LogP contribution in [0.4, 0.5) is 5.69 Å². The standard InChI is InChI=1S/C12H14BrN3O2/c1-15-10(7-18-2)11(14)12(17)16(15)9-6-4-3-5-8(9)13/h3-6H,7,14H2,1-2H3. The molecule has 1 aromatic carbocycles. The Bertz CT molecular complexity index is 631. The fourth-order valence-electron chi connectivity index (χ4n) is 1.87. The molecule has 1 aromatic heterocycles. The Labute approximate surface area is 113 Å². The molecule has 1 heterocycles. The van der Waals surface area contributed by atoms with Crippen molar-refractivity contribution in [3.63, 3.8) is 0 Å². The van der Waals surface area contributed by atoms with Crippen LogP contribution in [0.2, 0.25) is 0 Å². The minimum atomic E-state index is -0.239. The Morgan fingerprint density at radius 3 is 2.67 bits per heavy atom. The molecule has 0 aliphatic heterocycles. The molecule has 2 aromatic rings. The predicted octanol–water partition coefficient (Wildman–Crippen LogP) is 1.67. The molecule has 18 heavy (non-hydrogen) atoms. The Morgan fingerprint density at radius 2 is 2.06 bits per heavy atom. The summed E-state index contributed by atoms with van der Waals surface area (Å²) in [5, 5.41) is 0. The number of halogens is 1. The molecule has 0 atom stereocenters. The van der Waals surface area contributed by atoms with Crippen LogP contribution in [-0.2, 0) is 18.4 Å². The second-order valence-electron chi connectivity index (χ2n) is 3.89. The smallest absolute Gasteiger partial charge is 0.294 e. The molecule has 0 aliphatic carbocycles. The summed E-state index contributed by atoms with van der Waals surface area (Å²) in [4.78, 5) is 12.2. The van der Waals surface area contributed by atoms with Crippen molar-refractivity contribution < 1.29 is 4.74 Å². The van der Waals surface area contributed by atoms with E-state index in [9.17, 15) is 4.79 Å². The van der Waals surface area contributed by atoms with Crippen molar-refractivity contribution in [1.82, 2.24) is 9.36 Å². The second kappa shape index (κ2) is 4.99. The first-order chi connectivity index (χ1) is 8.57. The second-order valence-corrected chi connectivity index (χ2v) is 4.74. The summed E-state index contributed by atoms with van der Waals surface area (Å²) < 4.78 is 9.12. The molecule has 0 spiro atoms. The van der Waals surface area contributed by atoms with Crippen molar-refractivity contribution in [3.05, 3.63) is 44.8 Å². The first-order valence-corrected chi connectivity index (χ1v) is 6.17. The molecule has 0 amide bonds. The van der Waals surface area contributed by atoms with E-state index in [1.165, 1.54) is 4.68 Å². The Kier molecular flexibility index (Phi) is 3.58. The molecule has 5 nitrogen and oxygen atoms in total. The summed E-state index contributed by atoms with van der Waals surface area (Å²) >= 11 is 3.43. The van der Waals surface area contributed by atoms with Crippen LogP contribution >= 0.6 is 15.9 Å². The highest BCUT2D eigenvalue weighted by Crippen LogP contribution is 2.21. The number of benzene rings is 1. The van der Waals surface area contributed by atoms with Crippen molar-refractivity contribution in [2.24, 2.45) is 7.05 Å². The lowest BCUT2D eigenvalue weighted by molar-refractivity contribution is 0.177. The number of hydrogen-bond acceptors (Lipinski definition) is 3. The van der Waals surface area contributed by atoms with Gasteiger partial charge in [0.05, 0.1) is 18.0 Å². The first kappa shape index (κ1) is 12.9. The molecule has 6 heteroatoms. The highest BCUT2D eigenvalue weighted by Gasteiger charge is 2.17. The topological polar surface area (TPSA) is 62.2 Å². The number of nitrogens with two attached hydrogens (primary N) is 1. The normalized spacial score (nSPS) is 10.8. The summed E-state index contributed by atoms with van der Waals surface area (Å²) in [5.41, 5.74) is 7.22. The largest absolute Gasteiger partial charge is 0.393 e. The van der Waals surface area contributed by atoms with Crippen molar-refractivity contribution in [2.75, 3.05) is 12.8 Å². The third-order valence-corrected chi connectivity index (χ3v) is 3.46. The number of rotatable bonds is 3. The number of para-hydroxylation sites is 1. The van der Waals surface area contributed by atoms with Gasteiger partial charge in [-0.15, -0.1) is 0 Å². The Hall–Kier alpha value is -1.53. The van der Waals surface area contributed by atoms with Crippen LogP contribution in [0, 0.1) is 0 Å². The van der Waals surface area contributed by atoms with E-state index in [0.717, 1.165) is 10.2 Å². The van der Waals surface area contributed by atoms with Crippen molar-refractivity contribution in [1.29, 1.82) is 0 Å². The maximum Gasteiger partial charge on any atom is 0.294 e. The highest BCUT2D eigenvalue weighted by atomic mass is 79.9. The summed E-state index contributed by atoms with van der Waals surface area (Å²) in [6.45, 7) is 0.301. The molecule has 2 N–H and O–H groups in total. The van der Waals surface area contributed by atoms with Crippen LogP contribution < -0.4 is 11.3 Å². The van der Waals surface area contributed by atoms with E-state index in [0.29, 0.717) is 12.3 Å². The van der Waals surface area contributed by atoms with Gasteiger partial charge in [-0.2, -0.15) is 0 Å². The maximum atomic E-state index is 12.2. The lowest BCUT2D eigenvalue weighted by Gasteiger charge is -2.10. The maximum absolute atomic E-state index is 12.2. The minimum Gasteiger partial charge on any atom is -0.393 e. The number of anilines is 1. The minimum absolute atomic E-state index is 0.218. The van der Waals surface area contributed by atoms with Crippen LogP contribution in [0.25, 0.3) is 5.69 Å². The van der Waals surface area contributed by atoms with Gasteiger partial charge in [0.25, 0.3) is 5.56 Å². The number of hydrogen-bond donors (Lipinski definition) is 1. The average molecular weight is 312 g/mol. The highest BCUT2D eigenvalue weighted by molar-refractivity contribution is 9.10. The van der Waals surface area contributed by atoms with Gasteiger partial charge < -0.3 is 10.5 Å². The van der Waals surface area contributed by atoms with E-state index in [2.05, 4.69) is 15.9 Å². The summed E-state index contributed by atoms with van der Waals surface area (Å²) in [7, 11) is 3.35. The van der Waals surface area contributed by atoms with Gasteiger partial charge in [0, 0.05) is 18.6 Å². The molecule has 0 unspecified atom stereocenters. The molecule has 2 rings (SSSR count). The zero-order valence-corrected chi connectivity index (χ0v) is 11.8. The first-order valence-electron chi connectivity index (χ1n) is 5.38. The molecule has 0 radical (unpaired) electrons. The lowest BCUT2D eigenvalue weighted by Crippen LogP contribution is -2.21. The zero-order valence-electron chi connectivity index (χ0n) is 10.2. The Balaban J connectivity index is 2.70. The molecule has 0 aliphatic rings. The molecule has 0 fully saturated rings. The van der Waals surface area contributed by atoms with Crippen LogP contribution in [0.5, 0.6) is 0 Å². The molecule has 0 bridgehead atoms. The van der Waals surface area contributed by atoms with E-state index in [4.69, 9.17) is 10.5 Å². The van der Waals surface area contributed by atoms with Gasteiger partial charge in [-0.1, -0.05) is 12.1 Å². The van der Waals surface area contributed by atoms with Gasteiger partial charge >= 0.3 is 0 Å². The van der Waals surface area contributed by atoms with E-state index in [-0.39, 0.29) is 11.2 Å². The molecular weight excluding hydrogens is 298 g/mol. The SMILES string of the molecule is COCc1c(N)c(=O)n(-c2ccccc2Br)n1C. The van der Waals surface area contributed by atoms with Gasteiger partial charge in [0.1, 0.15) is 5.69 Å². The monoisotopic (exact) mass is 311 g/mol. The molecular formula is C12H14BrN3O2. The summed E-state index contributed by atoms with van der Waals surface area (Å²) in [6.07, 6.45) is 0. The van der Waals surface area contributed by atoms with E-state index < -0.39 is 0 Å². The average Bonchev–Trinajstić information content (AvgIpc) is 2.55. The fourth-order valence-corrected chi connectivity index (χ4v) is 2.32. The number of aromatic nitrogens is 2. The van der Waals surface area contributed by atoms with E-state index >= 15 is 0 Å². The third kappa shape index (κ3) is 1.97.